The molecular weight excluding hydrogens is 454 g/mol. The Balaban J connectivity index is 1.62. The lowest BCUT2D eigenvalue weighted by atomic mass is 9.91. The van der Waals surface area contributed by atoms with E-state index < -0.39 is 6.04 Å². The van der Waals surface area contributed by atoms with E-state index in [1.165, 1.54) is 0 Å². The molecule has 0 radical (unpaired) electrons. The average Bonchev–Trinajstić information content (AvgIpc) is 2.87. The van der Waals surface area contributed by atoms with Crippen LogP contribution in [-0.4, -0.2) is 44.1 Å². The maximum atomic E-state index is 13.2. The summed E-state index contributed by atoms with van der Waals surface area (Å²) < 4.78 is 11.0. The van der Waals surface area contributed by atoms with Crippen LogP contribution in [0, 0.1) is 0 Å². The molecule has 0 aromatic heterocycles. The molecule has 1 atom stereocenters. The van der Waals surface area contributed by atoms with Gasteiger partial charge in [0.05, 0.1) is 20.3 Å². The van der Waals surface area contributed by atoms with Crippen LogP contribution in [0.4, 0.5) is 10.5 Å². The second-order valence-electron chi connectivity index (χ2n) is 7.88. The number of ether oxygens (including phenoxy) is 2. The number of halogens is 1. The minimum Gasteiger partial charge on any atom is -0.493 e. The molecule has 3 aromatic carbocycles. The van der Waals surface area contributed by atoms with Gasteiger partial charge in [-0.3, -0.25) is 4.79 Å². The summed E-state index contributed by atoms with van der Waals surface area (Å²) in [5.41, 5.74) is 3.15. The first-order chi connectivity index (χ1) is 16.5. The molecule has 1 aliphatic heterocycles. The fourth-order valence-corrected chi connectivity index (χ4v) is 4.23. The molecule has 176 valence electrons. The third-order valence-electron chi connectivity index (χ3n) is 5.85. The second-order valence-corrected chi connectivity index (χ2v) is 8.31. The predicted molar refractivity (Wildman–Crippen MR) is 132 cm³/mol. The highest BCUT2D eigenvalue weighted by atomic mass is 35.5. The van der Waals surface area contributed by atoms with Crippen LogP contribution in [-0.2, 0) is 6.42 Å². The third kappa shape index (κ3) is 5.10. The number of methoxy groups -OCH3 is 2. The fourth-order valence-electron chi connectivity index (χ4n) is 4.10. The molecule has 7 nitrogen and oxygen atoms in total. The molecule has 34 heavy (non-hydrogen) atoms. The normalized spacial score (nSPS) is 14.7. The Kier molecular flexibility index (Phi) is 7.23. The van der Waals surface area contributed by atoms with Crippen molar-refractivity contribution in [1.29, 1.82) is 0 Å². The highest BCUT2D eigenvalue weighted by Gasteiger charge is 2.32. The zero-order valence-corrected chi connectivity index (χ0v) is 19.8. The lowest BCUT2D eigenvalue weighted by Gasteiger charge is -2.38. The van der Waals surface area contributed by atoms with Crippen LogP contribution >= 0.6 is 11.6 Å². The number of anilines is 1. The Morgan fingerprint density at radius 3 is 2.35 bits per heavy atom. The van der Waals surface area contributed by atoms with Crippen molar-refractivity contribution in [3.05, 3.63) is 88.4 Å². The fraction of sp³-hybridized carbons (Fsp3) is 0.231. The molecule has 3 amide bonds. The van der Waals surface area contributed by atoms with Gasteiger partial charge in [-0.25, -0.2) is 4.79 Å². The van der Waals surface area contributed by atoms with Gasteiger partial charge in [-0.15, -0.1) is 0 Å². The van der Waals surface area contributed by atoms with Crippen molar-refractivity contribution in [3.8, 4) is 11.5 Å². The van der Waals surface area contributed by atoms with E-state index in [1.807, 2.05) is 42.5 Å². The summed E-state index contributed by atoms with van der Waals surface area (Å²) in [6, 6.07) is 19.1. The number of hydrogen-bond donors (Lipinski definition) is 2. The summed E-state index contributed by atoms with van der Waals surface area (Å²) in [6.07, 6.45) is 0.652. The van der Waals surface area contributed by atoms with Gasteiger partial charge in [0, 0.05) is 29.4 Å². The van der Waals surface area contributed by atoms with Crippen molar-refractivity contribution in [2.24, 2.45) is 0 Å². The highest BCUT2D eigenvalue weighted by Crippen LogP contribution is 2.38. The molecule has 0 saturated carbocycles. The number of urea groups is 1. The molecule has 8 heteroatoms. The Hall–Kier alpha value is -3.71. The van der Waals surface area contributed by atoms with Gasteiger partial charge < -0.3 is 25.0 Å². The minimum absolute atomic E-state index is 0.228. The van der Waals surface area contributed by atoms with E-state index in [-0.39, 0.29) is 18.5 Å². The smallest absolute Gasteiger partial charge is 0.322 e. The first-order valence-electron chi connectivity index (χ1n) is 10.9. The van der Waals surface area contributed by atoms with E-state index in [0.717, 1.165) is 11.1 Å². The molecule has 1 unspecified atom stereocenters. The molecular formula is C26H26ClN3O4. The molecule has 0 aliphatic carbocycles. The molecule has 1 heterocycles. The molecule has 3 aromatic rings. The van der Waals surface area contributed by atoms with Gasteiger partial charge in [0.15, 0.2) is 11.5 Å². The van der Waals surface area contributed by atoms with Crippen LogP contribution in [0.3, 0.4) is 0 Å². The molecule has 0 spiro atoms. The van der Waals surface area contributed by atoms with Crippen molar-refractivity contribution in [1.82, 2.24) is 10.2 Å². The van der Waals surface area contributed by atoms with Crippen LogP contribution in [0.1, 0.15) is 27.5 Å². The van der Waals surface area contributed by atoms with Gasteiger partial charge in [0.2, 0.25) is 0 Å². The number of fused-ring (bicyclic) bond motifs is 1. The Labute approximate surface area is 203 Å². The molecule has 0 fully saturated rings. The lowest BCUT2D eigenvalue weighted by Crippen LogP contribution is -2.46. The zero-order chi connectivity index (χ0) is 24.1. The molecule has 2 N–H and O–H groups in total. The number of carbonyl (C=O) groups excluding carboxylic acids is 2. The molecule has 0 bridgehead atoms. The second kappa shape index (κ2) is 10.5. The average molecular weight is 480 g/mol. The third-order valence-corrected chi connectivity index (χ3v) is 6.10. The first-order valence-corrected chi connectivity index (χ1v) is 11.3. The van der Waals surface area contributed by atoms with Crippen LogP contribution < -0.4 is 20.1 Å². The summed E-state index contributed by atoms with van der Waals surface area (Å²) in [7, 11) is 3.17. The maximum Gasteiger partial charge on any atom is 0.322 e. The van der Waals surface area contributed by atoms with Crippen LogP contribution in [0.15, 0.2) is 66.7 Å². The molecule has 4 rings (SSSR count). The van der Waals surface area contributed by atoms with E-state index >= 15 is 0 Å². The van der Waals surface area contributed by atoms with Gasteiger partial charge in [-0.1, -0.05) is 29.8 Å². The van der Waals surface area contributed by atoms with Gasteiger partial charge in [-0.2, -0.15) is 0 Å². The summed E-state index contributed by atoms with van der Waals surface area (Å²) in [5, 5.41) is 6.48. The number of carbonyl (C=O) groups is 2. The SMILES string of the molecule is COc1cc2c(cc1OC)C(CNC(=O)c1ccc(Cl)cc1)N(C(=O)Nc1ccccc1)CC2. The van der Waals surface area contributed by atoms with Crippen molar-refractivity contribution >= 4 is 29.2 Å². The number of amides is 3. The number of nitrogens with zero attached hydrogens (tertiary/aromatic N) is 1. The van der Waals surface area contributed by atoms with E-state index in [2.05, 4.69) is 10.6 Å². The quantitative estimate of drug-likeness (QED) is 0.526. The Morgan fingerprint density at radius 1 is 1.00 bits per heavy atom. The van der Waals surface area contributed by atoms with Crippen LogP contribution in [0.25, 0.3) is 0 Å². The van der Waals surface area contributed by atoms with Gasteiger partial charge >= 0.3 is 6.03 Å². The van der Waals surface area contributed by atoms with E-state index in [4.69, 9.17) is 21.1 Å². The largest absolute Gasteiger partial charge is 0.493 e. The lowest BCUT2D eigenvalue weighted by molar-refractivity contribution is 0.0936. The van der Waals surface area contributed by atoms with Crippen LogP contribution in [0.5, 0.6) is 11.5 Å². The van der Waals surface area contributed by atoms with Gasteiger partial charge in [0.25, 0.3) is 5.91 Å². The molecule has 1 aliphatic rings. The first kappa shape index (κ1) is 23.4. The number of hydrogen-bond acceptors (Lipinski definition) is 4. The minimum atomic E-state index is -0.400. The van der Waals surface area contributed by atoms with Crippen LogP contribution in [0.2, 0.25) is 5.02 Å². The number of rotatable bonds is 6. The predicted octanol–water partition coefficient (Wildman–Crippen LogP) is 4.92. The standard InChI is InChI=1S/C26H26ClN3O4/c1-33-23-14-18-12-13-30(26(32)29-20-6-4-3-5-7-20)22(21(18)15-24(23)34-2)16-28-25(31)17-8-10-19(27)11-9-17/h3-11,14-15,22H,12-13,16H2,1-2H3,(H,28,31)(H,29,32). The number of benzene rings is 3. The summed E-state index contributed by atoms with van der Waals surface area (Å²) >= 11 is 5.94. The summed E-state index contributed by atoms with van der Waals surface area (Å²) in [5.74, 6) is 0.959. The zero-order valence-electron chi connectivity index (χ0n) is 19.0. The Bertz CT molecular complexity index is 1170. The van der Waals surface area contributed by atoms with Gasteiger partial charge in [0.1, 0.15) is 0 Å². The van der Waals surface area contributed by atoms with Crippen molar-refractivity contribution in [3.63, 3.8) is 0 Å². The number of nitrogens with one attached hydrogen (secondary N) is 2. The molecule has 0 saturated heterocycles. The van der Waals surface area contributed by atoms with Crippen molar-refractivity contribution < 1.29 is 19.1 Å². The van der Waals surface area contributed by atoms with E-state index in [9.17, 15) is 9.59 Å². The Morgan fingerprint density at radius 2 is 1.68 bits per heavy atom. The summed E-state index contributed by atoms with van der Waals surface area (Å²) in [4.78, 5) is 27.8. The van der Waals surface area contributed by atoms with Crippen molar-refractivity contribution in [2.45, 2.75) is 12.5 Å². The topological polar surface area (TPSA) is 79.9 Å². The van der Waals surface area contributed by atoms with Crippen molar-refractivity contribution in [2.75, 3.05) is 32.6 Å². The maximum absolute atomic E-state index is 13.2. The van der Waals surface area contributed by atoms with Gasteiger partial charge in [-0.05, 0) is 66.1 Å². The monoisotopic (exact) mass is 479 g/mol. The number of para-hydroxylation sites is 1. The summed E-state index contributed by atoms with van der Waals surface area (Å²) in [6.45, 7) is 0.717. The van der Waals surface area contributed by atoms with E-state index in [1.54, 1.807) is 43.4 Å². The van der Waals surface area contributed by atoms with E-state index in [0.29, 0.717) is 40.7 Å². The highest BCUT2D eigenvalue weighted by molar-refractivity contribution is 6.30.